The molecule has 4 unspecified atom stereocenters. The smallest absolute Gasteiger partial charge is 0.144 e. The maximum Gasteiger partial charge on any atom is 0.144 e. The molecule has 0 N–H and O–H groups in total. The van der Waals surface area contributed by atoms with Crippen LogP contribution >= 0.6 is 11.6 Å². The Balaban J connectivity index is 2.22. The molecule has 1 aliphatic heterocycles. The first-order valence-corrected chi connectivity index (χ1v) is 8.20. The van der Waals surface area contributed by atoms with Gasteiger partial charge in [0.15, 0.2) is 0 Å². The molecule has 5 heteroatoms. The molecule has 21 heavy (non-hydrogen) atoms. The molecular weight excluding hydrogens is 288 g/mol. The molecule has 0 bridgehead atoms. The third kappa shape index (κ3) is 3.02. The summed E-state index contributed by atoms with van der Waals surface area (Å²) in [6.07, 6.45) is 1.23. The van der Waals surface area contributed by atoms with E-state index in [2.05, 4.69) is 12.0 Å². The van der Waals surface area contributed by atoms with Crippen LogP contribution in [-0.2, 0) is 28.9 Å². The molecule has 0 saturated carbocycles. The minimum atomic E-state index is -0.0543. The zero-order valence-corrected chi connectivity index (χ0v) is 14.3. The van der Waals surface area contributed by atoms with Crippen molar-refractivity contribution in [3.05, 3.63) is 16.4 Å². The van der Waals surface area contributed by atoms with E-state index < -0.39 is 0 Å². The molecule has 0 radical (unpaired) electrons. The highest BCUT2D eigenvalue weighted by Crippen LogP contribution is 2.34. The number of nitrogens with zero attached hydrogens (tertiary/aromatic N) is 2. The van der Waals surface area contributed by atoms with Crippen LogP contribution in [0.2, 0.25) is 5.02 Å². The van der Waals surface area contributed by atoms with E-state index in [1.165, 1.54) is 0 Å². The number of hydrogen-bond acceptors (Lipinski definition) is 3. The number of Topliss-reactive ketones (excluding diaryl/α,β-unsaturated/α-hetero) is 1. The second-order valence-corrected chi connectivity index (χ2v) is 6.33. The van der Waals surface area contributed by atoms with Crippen LogP contribution in [0.15, 0.2) is 0 Å². The number of halogens is 1. The highest BCUT2D eigenvalue weighted by Gasteiger charge is 2.41. The number of rotatable bonds is 5. The van der Waals surface area contributed by atoms with Gasteiger partial charge in [0.1, 0.15) is 5.78 Å². The molecule has 1 aromatic rings. The van der Waals surface area contributed by atoms with Gasteiger partial charge in [-0.2, -0.15) is 5.10 Å². The molecule has 1 aliphatic rings. The molecule has 0 aromatic carbocycles. The molecular formula is C16H25ClN2O2. The fraction of sp³-hybridized carbons (Fsp3) is 0.750. The molecule has 4 atom stereocenters. The maximum absolute atomic E-state index is 12.7. The fourth-order valence-corrected chi connectivity index (χ4v) is 3.63. The van der Waals surface area contributed by atoms with Crippen molar-refractivity contribution in [1.29, 1.82) is 0 Å². The van der Waals surface area contributed by atoms with Crippen LogP contribution in [0.25, 0.3) is 0 Å². The Morgan fingerprint density at radius 1 is 1.29 bits per heavy atom. The van der Waals surface area contributed by atoms with Gasteiger partial charge in [-0.05, 0) is 33.1 Å². The summed E-state index contributed by atoms with van der Waals surface area (Å²) in [6.45, 7) is 10.9. The lowest BCUT2D eigenvalue weighted by molar-refractivity contribution is -0.124. The third-order valence-electron chi connectivity index (χ3n) is 4.65. The van der Waals surface area contributed by atoms with Crippen molar-refractivity contribution >= 4 is 17.4 Å². The summed E-state index contributed by atoms with van der Waals surface area (Å²) < 4.78 is 7.64. The van der Waals surface area contributed by atoms with Crippen molar-refractivity contribution in [2.75, 3.05) is 0 Å². The zero-order chi connectivity index (χ0) is 15.7. The lowest BCUT2D eigenvalue weighted by atomic mass is 9.84. The highest BCUT2D eigenvalue weighted by atomic mass is 35.5. The first-order chi connectivity index (χ1) is 9.90. The summed E-state index contributed by atoms with van der Waals surface area (Å²) in [5, 5.41) is 5.13. The monoisotopic (exact) mass is 312 g/mol. The van der Waals surface area contributed by atoms with E-state index in [4.69, 9.17) is 16.3 Å². The fourth-order valence-electron chi connectivity index (χ4n) is 3.29. The van der Waals surface area contributed by atoms with Crippen molar-refractivity contribution in [3.63, 3.8) is 0 Å². The predicted molar refractivity (Wildman–Crippen MR) is 83.7 cm³/mol. The van der Waals surface area contributed by atoms with E-state index in [1.807, 2.05) is 32.4 Å². The van der Waals surface area contributed by atoms with E-state index in [0.29, 0.717) is 11.4 Å². The van der Waals surface area contributed by atoms with Crippen LogP contribution in [0.3, 0.4) is 0 Å². The van der Waals surface area contributed by atoms with Crippen molar-refractivity contribution in [2.24, 2.45) is 11.8 Å². The summed E-state index contributed by atoms with van der Waals surface area (Å²) in [7, 11) is 0. The van der Waals surface area contributed by atoms with Crippen molar-refractivity contribution < 1.29 is 9.53 Å². The average molecular weight is 313 g/mol. The molecule has 118 valence electrons. The lowest BCUT2D eigenvalue weighted by Gasteiger charge is -2.17. The zero-order valence-electron chi connectivity index (χ0n) is 13.5. The molecule has 4 nitrogen and oxygen atoms in total. The van der Waals surface area contributed by atoms with Crippen molar-refractivity contribution in [3.8, 4) is 0 Å². The molecule has 1 saturated heterocycles. The minimum absolute atomic E-state index is 0.0232. The predicted octanol–water partition coefficient (Wildman–Crippen LogP) is 3.29. The van der Waals surface area contributed by atoms with Crippen LogP contribution in [-0.4, -0.2) is 27.8 Å². The Morgan fingerprint density at radius 2 is 1.95 bits per heavy atom. The van der Waals surface area contributed by atoms with Gasteiger partial charge in [-0.15, -0.1) is 0 Å². The third-order valence-corrected chi connectivity index (χ3v) is 5.09. The lowest BCUT2D eigenvalue weighted by Crippen LogP contribution is -2.28. The van der Waals surface area contributed by atoms with E-state index in [9.17, 15) is 4.79 Å². The number of aromatic nitrogens is 2. The molecule has 0 amide bonds. The number of carbonyl (C=O) groups is 1. The minimum Gasteiger partial charge on any atom is -0.375 e. The van der Waals surface area contributed by atoms with Gasteiger partial charge < -0.3 is 4.74 Å². The first-order valence-electron chi connectivity index (χ1n) is 7.82. The molecule has 2 heterocycles. The topological polar surface area (TPSA) is 44.1 Å². The van der Waals surface area contributed by atoms with Gasteiger partial charge in [0.2, 0.25) is 0 Å². The van der Waals surface area contributed by atoms with Crippen LogP contribution in [0.4, 0.5) is 0 Å². The maximum atomic E-state index is 12.7. The summed E-state index contributed by atoms with van der Waals surface area (Å²) in [4.78, 5) is 12.7. The Morgan fingerprint density at radius 3 is 2.43 bits per heavy atom. The van der Waals surface area contributed by atoms with Gasteiger partial charge >= 0.3 is 0 Å². The Labute approximate surface area is 131 Å². The molecule has 2 rings (SSSR count). The van der Waals surface area contributed by atoms with Gasteiger partial charge in [0.25, 0.3) is 0 Å². The summed E-state index contributed by atoms with van der Waals surface area (Å²) >= 11 is 6.39. The highest BCUT2D eigenvalue weighted by molar-refractivity contribution is 6.32. The van der Waals surface area contributed by atoms with Gasteiger partial charge in [0, 0.05) is 12.5 Å². The van der Waals surface area contributed by atoms with Crippen molar-refractivity contribution in [2.45, 2.75) is 66.2 Å². The number of hydrogen-bond donors (Lipinski definition) is 0. The Bertz CT molecular complexity index is 527. The first kappa shape index (κ1) is 16.5. The SMILES string of the molecule is CCc1nn(CC)c(CC(=O)C2C(C)OC(C)C2C)c1Cl. The van der Waals surface area contributed by atoms with Crippen LogP contribution in [0.1, 0.15) is 46.0 Å². The standard InChI is InChI=1S/C16H25ClN2O2/c1-6-12-16(17)13(19(7-2)18-12)8-14(20)15-9(3)10(4)21-11(15)5/h9-11,15H,6-8H2,1-5H3. The Hall–Kier alpha value is -0.870. The van der Waals surface area contributed by atoms with E-state index >= 15 is 0 Å². The van der Waals surface area contributed by atoms with Crippen molar-refractivity contribution in [1.82, 2.24) is 9.78 Å². The quantitative estimate of drug-likeness (QED) is 0.838. The largest absolute Gasteiger partial charge is 0.375 e. The molecule has 1 aromatic heterocycles. The van der Waals surface area contributed by atoms with Crippen LogP contribution < -0.4 is 0 Å². The average Bonchev–Trinajstić information content (AvgIpc) is 2.88. The van der Waals surface area contributed by atoms with Crippen LogP contribution in [0.5, 0.6) is 0 Å². The number of aryl methyl sites for hydroxylation is 2. The van der Waals surface area contributed by atoms with Gasteiger partial charge in [0.05, 0.1) is 35.0 Å². The summed E-state index contributed by atoms with van der Waals surface area (Å²) in [5.74, 6) is 0.398. The molecule has 0 aliphatic carbocycles. The van der Waals surface area contributed by atoms with Gasteiger partial charge in [-0.3, -0.25) is 9.48 Å². The second-order valence-electron chi connectivity index (χ2n) is 5.95. The molecule has 0 spiro atoms. The van der Waals surface area contributed by atoms with Gasteiger partial charge in [-0.1, -0.05) is 25.4 Å². The van der Waals surface area contributed by atoms with Gasteiger partial charge in [-0.25, -0.2) is 0 Å². The number of ketones is 1. The van der Waals surface area contributed by atoms with E-state index in [-0.39, 0.29) is 29.8 Å². The Kier molecular flexibility index (Phi) is 5.10. The normalized spacial score (nSPS) is 29.0. The number of ether oxygens (including phenoxy) is 1. The van der Waals surface area contributed by atoms with E-state index in [0.717, 1.165) is 24.4 Å². The second kappa shape index (κ2) is 6.49. The molecule has 1 fully saturated rings. The van der Waals surface area contributed by atoms with Crippen LogP contribution in [0, 0.1) is 11.8 Å². The summed E-state index contributed by atoms with van der Waals surface area (Å²) in [6, 6.07) is 0. The number of carbonyl (C=O) groups excluding carboxylic acids is 1. The summed E-state index contributed by atoms with van der Waals surface area (Å²) in [5.41, 5.74) is 1.72. The van der Waals surface area contributed by atoms with E-state index in [1.54, 1.807) is 0 Å².